The van der Waals surface area contributed by atoms with Crippen LogP contribution >= 0.6 is 0 Å². The zero-order valence-electron chi connectivity index (χ0n) is 25.1. The summed E-state index contributed by atoms with van der Waals surface area (Å²) in [5, 5.41) is 11.1. The van der Waals surface area contributed by atoms with E-state index in [1.807, 2.05) is 32.9 Å². The number of aromatic nitrogens is 7. The van der Waals surface area contributed by atoms with E-state index < -0.39 is 15.7 Å². The van der Waals surface area contributed by atoms with Gasteiger partial charge in [-0.3, -0.25) is 19.9 Å². The summed E-state index contributed by atoms with van der Waals surface area (Å²) >= 11 is 0. The van der Waals surface area contributed by atoms with Crippen LogP contribution in [0.3, 0.4) is 0 Å². The first-order chi connectivity index (χ1) is 21.3. The minimum atomic E-state index is -3.20. The van der Waals surface area contributed by atoms with E-state index >= 15 is 0 Å². The molecule has 11 nitrogen and oxygen atoms in total. The van der Waals surface area contributed by atoms with Crippen LogP contribution in [-0.4, -0.2) is 61.5 Å². The van der Waals surface area contributed by atoms with E-state index in [9.17, 15) is 17.6 Å². The number of H-pyrrole nitrogens is 2. The number of nitrogens with one attached hydrogen (secondary N) is 3. The number of fused-ring (bicyclic) bond motifs is 2. The normalized spacial score (nSPS) is 12.2. The summed E-state index contributed by atoms with van der Waals surface area (Å²) in [4.78, 5) is 33.7. The van der Waals surface area contributed by atoms with Crippen molar-refractivity contribution in [2.45, 2.75) is 33.6 Å². The number of amides is 1. The van der Waals surface area contributed by atoms with Crippen molar-refractivity contribution in [1.29, 1.82) is 0 Å². The van der Waals surface area contributed by atoms with Crippen molar-refractivity contribution < 1.29 is 17.6 Å². The second kappa shape index (κ2) is 11.5. The highest BCUT2D eigenvalue weighted by Crippen LogP contribution is 2.33. The molecule has 230 valence electrons. The maximum atomic E-state index is 14.6. The number of benzene rings is 1. The molecule has 0 spiro atoms. The Balaban J connectivity index is 1.34. The van der Waals surface area contributed by atoms with Gasteiger partial charge in [0.25, 0.3) is 0 Å². The van der Waals surface area contributed by atoms with E-state index in [-0.39, 0.29) is 23.5 Å². The number of aryl methyl sites for hydroxylation is 1. The van der Waals surface area contributed by atoms with Gasteiger partial charge in [-0.25, -0.2) is 22.8 Å². The summed E-state index contributed by atoms with van der Waals surface area (Å²) in [6, 6.07) is 9.96. The Hall–Kier alpha value is -5.04. The molecule has 0 saturated heterocycles. The maximum absolute atomic E-state index is 14.6. The molecule has 0 saturated carbocycles. The molecule has 0 fully saturated rings. The van der Waals surface area contributed by atoms with Gasteiger partial charge in [0.1, 0.15) is 21.3 Å². The van der Waals surface area contributed by atoms with Gasteiger partial charge >= 0.3 is 0 Å². The zero-order chi connectivity index (χ0) is 31.9. The Morgan fingerprint density at radius 2 is 1.84 bits per heavy atom. The number of aromatic amines is 2. The second-order valence-corrected chi connectivity index (χ2v) is 14.6. The van der Waals surface area contributed by atoms with Gasteiger partial charge in [-0.05, 0) is 53.3 Å². The van der Waals surface area contributed by atoms with Crippen LogP contribution in [0.5, 0.6) is 0 Å². The third-order valence-electron chi connectivity index (χ3n) is 7.10. The van der Waals surface area contributed by atoms with Crippen molar-refractivity contribution in [2.75, 3.05) is 17.3 Å². The molecule has 6 aromatic rings. The fraction of sp³-hybridized carbons (Fsp3) is 0.250. The topological polar surface area (TPSA) is 159 Å². The molecular weight excluding hydrogens is 595 g/mol. The van der Waals surface area contributed by atoms with Crippen LogP contribution in [0.25, 0.3) is 56.0 Å². The van der Waals surface area contributed by atoms with Crippen LogP contribution in [0.2, 0.25) is 0 Å². The lowest BCUT2D eigenvalue weighted by atomic mass is 9.92. The number of rotatable bonds is 8. The van der Waals surface area contributed by atoms with E-state index in [1.165, 1.54) is 12.1 Å². The van der Waals surface area contributed by atoms with Crippen LogP contribution in [0.4, 0.5) is 10.1 Å². The van der Waals surface area contributed by atoms with Gasteiger partial charge in [0.15, 0.2) is 11.5 Å². The SMILES string of the molecule is CC(C)(C)CC(=O)Nc1cncc(-c2cc3c(-c4nc5nccc(-c6cc(F)cc(CCS(C)(=O)=O)c6)c5[nH]4)n[nH]c3cn2)c1. The third kappa shape index (κ3) is 6.88. The van der Waals surface area contributed by atoms with Crippen molar-refractivity contribution in [2.24, 2.45) is 5.41 Å². The molecule has 1 amide bonds. The van der Waals surface area contributed by atoms with Gasteiger partial charge in [-0.2, -0.15) is 5.10 Å². The molecule has 0 unspecified atom stereocenters. The van der Waals surface area contributed by atoms with Crippen LogP contribution in [0, 0.1) is 11.2 Å². The van der Waals surface area contributed by atoms with E-state index in [0.29, 0.717) is 68.3 Å². The van der Waals surface area contributed by atoms with Crippen LogP contribution < -0.4 is 5.32 Å². The molecule has 5 heterocycles. The molecule has 0 aliphatic rings. The number of nitrogens with zero attached hydrogens (tertiary/aromatic N) is 5. The average Bonchev–Trinajstić information content (AvgIpc) is 3.58. The molecule has 45 heavy (non-hydrogen) atoms. The Morgan fingerprint density at radius 3 is 2.62 bits per heavy atom. The Morgan fingerprint density at radius 1 is 1.02 bits per heavy atom. The number of sulfone groups is 1. The first-order valence-corrected chi connectivity index (χ1v) is 16.3. The molecule has 0 aliphatic heterocycles. The lowest BCUT2D eigenvalue weighted by Crippen LogP contribution is -2.19. The fourth-order valence-corrected chi connectivity index (χ4v) is 5.71. The van der Waals surface area contributed by atoms with Gasteiger partial charge in [0.05, 0.1) is 40.6 Å². The van der Waals surface area contributed by atoms with E-state index in [2.05, 4.69) is 40.4 Å². The number of pyridine rings is 3. The maximum Gasteiger partial charge on any atom is 0.224 e. The number of imidazole rings is 1. The smallest absolute Gasteiger partial charge is 0.224 e. The summed E-state index contributed by atoms with van der Waals surface area (Å²) in [5.74, 6) is -0.191. The van der Waals surface area contributed by atoms with Crippen molar-refractivity contribution >= 4 is 43.5 Å². The highest BCUT2D eigenvalue weighted by Gasteiger charge is 2.19. The Kier molecular flexibility index (Phi) is 7.65. The molecule has 0 radical (unpaired) electrons. The standard InChI is InChI=1S/C32H31FN8O3S/c1-32(2,3)14-27(42)37-22-12-20(15-34-16-22)25-13-24-26(17-36-25)40-41-29(24)31-38-28-23(5-7-35-30(28)39-31)19-9-18(10-21(33)11-19)6-8-45(4,43)44/h5,7,9-13,15-17H,6,8,14H2,1-4H3,(H,37,42)(H,40,41)(H,35,38,39). The number of carbonyl (C=O) groups is 1. The number of anilines is 1. The molecule has 5 aromatic heterocycles. The summed E-state index contributed by atoms with van der Waals surface area (Å²) in [6.45, 7) is 6.01. The minimum Gasteiger partial charge on any atom is -0.335 e. The minimum absolute atomic E-state index is 0.0782. The summed E-state index contributed by atoms with van der Waals surface area (Å²) in [6.07, 6.45) is 8.26. The highest BCUT2D eigenvalue weighted by atomic mass is 32.2. The molecule has 3 N–H and O–H groups in total. The van der Waals surface area contributed by atoms with Crippen LogP contribution in [0.1, 0.15) is 32.8 Å². The molecule has 0 atom stereocenters. The summed E-state index contributed by atoms with van der Waals surface area (Å²) < 4.78 is 38.0. The zero-order valence-corrected chi connectivity index (χ0v) is 26.0. The summed E-state index contributed by atoms with van der Waals surface area (Å²) in [7, 11) is -3.20. The number of halogens is 1. The van der Waals surface area contributed by atoms with Crippen LogP contribution in [-0.2, 0) is 21.1 Å². The molecule has 13 heteroatoms. The highest BCUT2D eigenvalue weighted by molar-refractivity contribution is 7.90. The van der Waals surface area contributed by atoms with Gasteiger partial charge < -0.3 is 10.3 Å². The van der Waals surface area contributed by atoms with Gasteiger partial charge in [0, 0.05) is 41.6 Å². The predicted octanol–water partition coefficient (Wildman–Crippen LogP) is 5.73. The van der Waals surface area contributed by atoms with Gasteiger partial charge in [0.2, 0.25) is 5.91 Å². The van der Waals surface area contributed by atoms with Crippen molar-refractivity contribution in [3.63, 3.8) is 0 Å². The fourth-order valence-electron chi connectivity index (χ4n) is 5.11. The molecular formula is C32H31FN8O3S. The van der Waals surface area contributed by atoms with E-state index in [1.54, 1.807) is 36.9 Å². The van der Waals surface area contributed by atoms with E-state index in [4.69, 9.17) is 0 Å². The van der Waals surface area contributed by atoms with Crippen LogP contribution in [0.15, 0.2) is 61.2 Å². The van der Waals surface area contributed by atoms with Crippen molar-refractivity contribution in [3.8, 4) is 33.9 Å². The first kappa shape index (κ1) is 30.0. The first-order valence-electron chi connectivity index (χ1n) is 14.2. The quantitative estimate of drug-likeness (QED) is 0.193. The molecule has 6 rings (SSSR count). The summed E-state index contributed by atoms with van der Waals surface area (Å²) in [5.41, 5.74) is 5.79. The monoisotopic (exact) mass is 626 g/mol. The molecule has 0 aliphatic carbocycles. The molecule has 0 bridgehead atoms. The number of hydrogen-bond donors (Lipinski definition) is 3. The number of hydrogen-bond acceptors (Lipinski definition) is 8. The largest absolute Gasteiger partial charge is 0.335 e. The lowest BCUT2D eigenvalue weighted by Gasteiger charge is -2.17. The second-order valence-electron chi connectivity index (χ2n) is 12.3. The molecule has 1 aromatic carbocycles. The van der Waals surface area contributed by atoms with Crippen molar-refractivity contribution in [1.82, 2.24) is 35.1 Å². The van der Waals surface area contributed by atoms with Crippen molar-refractivity contribution in [3.05, 3.63) is 72.6 Å². The Bertz CT molecular complexity index is 2180. The lowest BCUT2D eigenvalue weighted by molar-refractivity contribution is -0.117. The third-order valence-corrected chi connectivity index (χ3v) is 8.05. The van der Waals surface area contributed by atoms with Gasteiger partial charge in [-0.1, -0.05) is 26.8 Å². The predicted molar refractivity (Wildman–Crippen MR) is 172 cm³/mol. The average molecular weight is 627 g/mol. The van der Waals surface area contributed by atoms with E-state index in [0.717, 1.165) is 11.6 Å². The number of carbonyl (C=O) groups excluding carboxylic acids is 1. The Labute approximate surface area is 258 Å². The van der Waals surface area contributed by atoms with Gasteiger partial charge in [-0.15, -0.1) is 0 Å².